The van der Waals surface area contributed by atoms with E-state index in [0.717, 1.165) is 0 Å². The molecule has 1 aromatic carbocycles. The molecule has 1 aliphatic rings. The summed E-state index contributed by atoms with van der Waals surface area (Å²) in [5.41, 5.74) is -0.0418. The van der Waals surface area contributed by atoms with Gasteiger partial charge in [-0.1, -0.05) is 0 Å². The summed E-state index contributed by atoms with van der Waals surface area (Å²) < 4.78 is 31.4. The third-order valence-corrected chi connectivity index (χ3v) is 5.39. The van der Waals surface area contributed by atoms with Crippen molar-refractivity contribution < 1.29 is 28.2 Å². The second kappa shape index (κ2) is 6.00. The highest BCUT2D eigenvalue weighted by Crippen LogP contribution is 2.29. The van der Waals surface area contributed by atoms with Crippen LogP contribution >= 0.6 is 0 Å². The van der Waals surface area contributed by atoms with E-state index in [1.54, 1.807) is 0 Å². The van der Waals surface area contributed by atoms with Gasteiger partial charge in [-0.05, 0) is 31.0 Å². The first-order chi connectivity index (χ1) is 9.86. The van der Waals surface area contributed by atoms with Gasteiger partial charge in [0.05, 0.1) is 18.8 Å². The molecule has 7 nitrogen and oxygen atoms in total. The average Bonchev–Trinajstić information content (AvgIpc) is 2.46. The van der Waals surface area contributed by atoms with Crippen LogP contribution in [0.2, 0.25) is 0 Å². The lowest BCUT2D eigenvalue weighted by molar-refractivity contribution is 0.0696. The minimum absolute atomic E-state index is 0.000946. The highest BCUT2D eigenvalue weighted by atomic mass is 32.2. The van der Waals surface area contributed by atoms with Gasteiger partial charge in [0.25, 0.3) is 0 Å². The normalized spacial score (nSPS) is 17.6. The number of aliphatic hydroxyl groups excluding tert-OH is 1. The molecule has 0 spiro atoms. The Balaban J connectivity index is 2.38. The summed E-state index contributed by atoms with van der Waals surface area (Å²) in [4.78, 5) is 10.9. The Labute approximate surface area is 122 Å². The molecule has 0 amide bonds. The van der Waals surface area contributed by atoms with E-state index >= 15 is 0 Å². The predicted octanol–water partition coefficient (Wildman–Crippen LogP) is 0.539. The van der Waals surface area contributed by atoms with Crippen LogP contribution in [0.1, 0.15) is 23.2 Å². The molecule has 8 heteroatoms. The van der Waals surface area contributed by atoms with E-state index in [4.69, 9.17) is 9.84 Å². The maximum atomic E-state index is 12.6. The second-order valence-electron chi connectivity index (χ2n) is 4.81. The number of piperidine rings is 1. The van der Waals surface area contributed by atoms with Crippen LogP contribution < -0.4 is 4.74 Å². The molecule has 1 fully saturated rings. The van der Waals surface area contributed by atoms with Gasteiger partial charge in [-0.2, -0.15) is 4.31 Å². The smallest absolute Gasteiger partial charge is 0.335 e. The van der Waals surface area contributed by atoms with Gasteiger partial charge in [0.2, 0.25) is 10.0 Å². The van der Waals surface area contributed by atoms with Gasteiger partial charge in [0, 0.05) is 13.1 Å². The van der Waals surface area contributed by atoms with Crippen molar-refractivity contribution in [2.45, 2.75) is 23.8 Å². The van der Waals surface area contributed by atoms with E-state index in [2.05, 4.69) is 0 Å². The van der Waals surface area contributed by atoms with Crippen molar-refractivity contribution in [2.75, 3.05) is 20.2 Å². The van der Waals surface area contributed by atoms with Crippen LogP contribution in [0.15, 0.2) is 23.1 Å². The fourth-order valence-electron chi connectivity index (χ4n) is 2.24. The van der Waals surface area contributed by atoms with Gasteiger partial charge in [-0.3, -0.25) is 0 Å². The number of carboxylic acid groups (broad SMARTS) is 1. The molecule has 0 radical (unpaired) electrons. The quantitative estimate of drug-likeness (QED) is 0.840. The summed E-state index contributed by atoms with van der Waals surface area (Å²) in [6.45, 7) is 0.459. The maximum Gasteiger partial charge on any atom is 0.335 e. The van der Waals surface area contributed by atoms with Crippen molar-refractivity contribution in [1.82, 2.24) is 4.31 Å². The molecule has 0 aromatic heterocycles. The fraction of sp³-hybridized carbons (Fsp3) is 0.462. The molecule has 21 heavy (non-hydrogen) atoms. The molecule has 2 rings (SSSR count). The van der Waals surface area contributed by atoms with Crippen LogP contribution in [0.3, 0.4) is 0 Å². The number of ether oxygens (including phenoxy) is 1. The predicted molar refractivity (Wildman–Crippen MR) is 74.0 cm³/mol. The van der Waals surface area contributed by atoms with Crippen LogP contribution in [0, 0.1) is 0 Å². The lowest BCUT2D eigenvalue weighted by Gasteiger charge is -2.29. The molecule has 0 bridgehead atoms. The Kier molecular flexibility index (Phi) is 4.50. The molecule has 2 N–H and O–H groups in total. The Bertz CT molecular complexity index is 634. The number of nitrogens with zero attached hydrogens (tertiary/aromatic N) is 1. The van der Waals surface area contributed by atoms with Crippen LogP contribution in [0.25, 0.3) is 0 Å². The fourth-order valence-corrected chi connectivity index (χ4v) is 3.84. The number of carbonyl (C=O) groups is 1. The SMILES string of the molecule is COc1cc(C(=O)O)ccc1S(=O)(=O)N1CCC(O)CC1. The van der Waals surface area contributed by atoms with Crippen LogP contribution in [-0.2, 0) is 10.0 Å². The molecule has 0 atom stereocenters. The molecule has 0 unspecified atom stereocenters. The summed E-state index contributed by atoms with van der Waals surface area (Å²) in [6, 6.07) is 3.66. The summed E-state index contributed by atoms with van der Waals surface area (Å²) in [5, 5.41) is 18.4. The monoisotopic (exact) mass is 315 g/mol. The third-order valence-electron chi connectivity index (χ3n) is 3.45. The maximum absolute atomic E-state index is 12.6. The Morgan fingerprint density at radius 1 is 1.33 bits per heavy atom. The van der Waals surface area contributed by atoms with E-state index in [1.165, 1.54) is 29.6 Å². The molecule has 0 aliphatic carbocycles. The van der Waals surface area contributed by atoms with Gasteiger partial charge in [-0.25, -0.2) is 13.2 Å². The minimum Gasteiger partial charge on any atom is -0.495 e. The van der Waals surface area contributed by atoms with Crippen molar-refractivity contribution in [3.8, 4) is 5.75 Å². The van der Waals surface area contributed by atoms with Crippen molar-refractivity contribution in [3.05, 3.63) is 23.8 Å². The zero-order valence-electron chi connectivity index (χ0n) is 11.5. The summed E-state index contributed by atoms with van der Waals surface area (Å²) in [7, 11) is -2.47. The molecule has 1 saturated heterocycles. The number of methoxy groups -OCH3 is 1. The van der Waals surface area contributed by atoms with E-state index in [0.29, 0.717) is 12.8 Å². The van der Waals surface area contributed by atoms with Gasteiger partial charge in [0.1, 0.15) is 10.6 Å². The zero-order chi connectivity index (χ0) is 15.6. The van der Waals surface area contributed by atoms with Crippen molar-refractivity contribution in [1.29, 1.82) is 0 Å². The Morgan fingerprint density at radius 2 is 1.95 bits per heavy atom. The highest BCUT2D eigenvalue weighted by Gasteiger charge is 2.31. The van der Waals surface area contributed by atoms with E-state index in [9.17, 15) is 18.3 Å². The van der Waals surface area contributed by atoms with Crippen molar-refractivity contribution in [3.63, 3.8) is 0 Å². The number of aromatic carboxylic acids is 1. The number of sulfonamides is 1. The van der Waals surface area contributed by atoms with E-state index < -0.39 is 22.1 Å². The lowest BCUT2D eigenvalue weighted by atomic mass is 10.1. The van der Waals surface area contributed by atoms with Crippen molar-refractivity contribution >= 4 is 16.0 Å². The first-order valence-corrected chi connectivity index (χ1v) is 7.90. The minimum atomic E-state index is -3.77. The molecule has 1 aromatic rings. The van der Waals surface area contributed by atoms with Crippen LogP contribution in [0.5, 0.6) is 5.75 Å². The molecular formula is C13H17NO6S. The topological polar surface area (TPSA) is 104 Å². The summed E-state index contributed by atoms with van der Waals surface area (Å²) in [6.07, 6.45) is 0.288. The number of rotatable bonds is 4. The molecule has 0 saturated carbocycles. The number of hydrogen-bond acceptors (Lipinski definition) is 5. The van der Waals surface area contributed by atoms with Crippen LogP contribution in [0.4, 0.5) is 0 Å². The summed E-state index contributed by atoms with van der Waals surface area (Å²) >= 11 is 0. The Morgan fingerprint density at radius 3 is 2.48 bits per heavy atom. The zero-order valence-corrected chi connectivity index (χ0v) is 12.3. The number of hydrogen-bond donors (Lipinski definition) is 2. The largest absolute Gasteiger partial charge is 0.495 e. The highest BCUT2D eigenvalue weighted by molar-refractivity contribution is 7.89. The standard InChI is InChI=1S/C13H17NO6S/c1-20-11-8-9(13(16)17)2-3-12(11)21(18,19)14-6-4-10(15)5-7-14/h2-3,8,10,15H,4-7H2,1H3,(H,16,17). The van der Waals surface area contributed by atoms with Crippen LogP contribution in [-0.4, -0.2) is 55.2 Å². The first-order valence-electron chi connectivity index (χ1n) is 6.46. The number of benzene rings is 1. The van der Waals surface area contributed by atoms with Gasteiger partial charge >= 0.3 is 5.97 Å². The molecule has 116 valence electrons. The Hall–Kier alpha value is -1.64. The number of aliphatic hydroxyl groups is 1. The van der Waals surface area contributed by atoms with Gasteiger partial charge in [-0.15, -0.1) is 0 Å². The van der Waals surface area contributed by atoms with Gasteiger partial charge in [0.15, 0.2) is 0 Å². The average molecular weight is 315 g/mol. The van der Waals surface area contributed by atoms with Crippen molar-refractivity contribution in [2.24, 2.45) is 0 Å². The van der Waals surface area contributed by atoms with E-state index in [1.807, 2.05) is 0 Å². The summed E-state index contributed by atoms with van der Waals surface area (Å²) in [5.74, 6) is -1.15. The lowest BCUT2D eigenvalue weighted by Crippen LogP contribution is -2.40. The third kappa shape index (κ3) is 3.17. The molecule has 1 heterocycles. The van der Waals surface area contributed by atoms with E-state index in [-0.39, 0.29) is 29.3 Å². The molecular weight excluding hydrogens is 298 g/mol. The second-order valence-corrected chi connectivity index (χ2v) is 6.71. The number of carboxylic acids is 1. The first kappa shape index (κ1) is 15.7. The molecule has 1 aliphatic heterocycles. The van der Waals surface area contributed by atoms with Gasteiger partial charge < -0.3 is 14.9 Å².